The Kier molecular flexibility index (Phi) is 4.82. The molecule has 1 atom stereocenters. The molecule has 2 heteroatoms. The van der Waals surface area contributed by atoms with E-state index >= 15 is 0 Å². The van der Waals surface area contributed by atoms with Gasteiger partial charge in [-0.15, -0.1) is 0 Å². The Morgan fingerprint density at radius 3 is 2.50 bits per heavy atom. The standard InChI is InChI=1S/C16H17BrO/c1-13-6-5-9-16(10-13)18-12-15(11-17)14-7-3-2-4-8-14/h2-10,15H,11-12H2,1H3. The predicted molar refractivity (Wildman–Crippen MR) is 79.7 cm³/mol. The Balaban J connectivity index is 2.00. The Hall–Kier alpha value is -1.28. The maximum atomic E-state index is 5.86. The van der Waals surface area contributed by atoms with Gasteiger partial charge in [-0.1, -0.05) is 58.4 Å². The molecule has 1 nitrogen and oxygen atoms in total. The summed E-state index contributed by atoms with van der Waals surface area (Å²) in [4.78, 5) is 0. The summed E-state index contributed by atoms with van der Waals surface area (Å²) < 4.78 is 5.86. The van der Waals surface area contributed by atoms with E-state index in [1.165, 1.54) is 11.1 Å². The zero-order valence-corrected chi connectivity index (χ0v) is 12.1. The molecule has 0 amide bonds. The molecule has 0 aliphatic heterocycles. The number of benzene rings is 2. The molecule has 0 heterocycles. The third kappa shape index (κ3) is 3.61. The number of hydrogen-bond donors (Lipinski definition) is 0. The van der Waals surface area contributed by atoms with Crippen LogP contribution < -0.4 is 4.74 Å². The number of hydrogen-bond acceptors (Lipinski definition) is 1. The molecule has 0 aliphatic carbocycles. The molecule has 2 rings (SSSR count). The van der Waals surface area contributed by atoms with Crippen LogP contribution in [0.3, 0.4) is 0 Å². The van der Waals surface area contributed by atoms with E-state index in [1.54, 1.807) is 0 Å². The lowest BCUT2D eigenvalue weighted by Gasteiger charge is -2.15. The van der Waals surface area contributed by atoms with Crippen LogP contribution in [-0.4, -0.2) is 11.9 Å². The fraction of sp³-hybridized carbons (Fsp3) is 0.250. The van der Waals surface area contributed by atoms with Crippen LogP contribution in [0, 0.1) is 6.92 Å². The summed E-state index contributed by atoms with van der Waals surface area (Å²) in [7, 11) is 0. The highest BCUT2D eigenvalue weighted by Gasteiger charge is 2.10. The molecular weight excluding hydrogens is 288 g/mol. The molecule has 0 radical (unpaired) electrons. The van der Waals surface area contributed by atoms with Gasteiger partial charge < -0.3 is 4.74 Å². The first kappa shape index (κ1) is 13.2. The van der Waals surface area contributed by atoms with Gasteiger partial charge in [-0.05, 0) is 30.2 Å². The normalized spacial score (nSPS) is 12.1. The van der Waals surface area contributed by atoms with Crippen molar-refractivity contribution in [3.05, 3.63) is 65.7 Å². The fourth-order valence-electron chi connectivity index (χ4n) is 1.86. The van der Waals surface area contributed by atoms with E-state index in [0.717, 1.165) is 11.1 Å². The molecule has 0 aliphatic rings. The quantitative estimate of drug-likeness (QED) is 0.736. The van der Waals surface area contributed by atoms with Gasteiger partial charge in [-0.25, -0.2) is 0 Å². The van der Waals surface area contributed by atoms with Crippen LogP contribution in [0.15, 0.2) is 54.6 Å². The topological polar surface area (TPSA) is 9.23 Å². The van der Waals surface area contributed by atoms with Gasteiger partial charge in [0.05, 0.1) is 6.61 Å². The lowest BCUT2D eigenvalue weighted by Crippen LogP contribution is -2.11. The smallest absolute Gasteiger partial charge is 0.119 e. The minimum absolute atomic E-state index is 0.381. The monoisotopic (exact) mass is 304 g/mol. The third-order valence-corrected chi connectivity index (χ3v) is 3.68. The van der Waals surface area contributed by atoms with Crippen molar-refractivity contribution < 1.29 is 4.74 Å². The van der Waals surface area contributed by atoms with E-state index in [2.05, 4.69) is 59.3 Å². The highest BCUT2D eigenvalue weighted by atomic mass is 79.9. The van der Waals surface area contributed by atoms with E-state index in [0.29, 0.717) is 12.5 Å². The van der Waals surface area contributed by atoms with Crippen molar-refractivity contribution >= 4 is 15.9 Å². The largest absolute Gasteiger partial charge is 0.493 e. The molecule has 1 unspecified atom stereocenters. The predicted octanol–water partition coefficient (Wildman–Crippen LogP) is 4.55. The number of ether oxygens (including phenoxy) is 1. The summed E-state index contributed by atoms with van der Waals surface area (Å²) >= 11 is 3.56. The first-order chi connectivity index (χ1) is 8.79. The molecule has 2 aromatic rings. The Bertz CT molecular complexity index is 481. The molecular formula is C16H17BrO. The van der Waals surface area contributed by atoms with Crippen molar-refractivity contribution in [1.29, 1.82) is 0 Å². The van der Waals surface area contributed by atoms with Crippen molar-refractivity contribution in [3.63, 3.8) is 0 Å². The first-order valence-electron chi connectivity index (χ1n) is 6.10. The second-order valence-corrected chi connectivity index (χ2v) is 5.04. The summed E-state index contributed by atoms with van der Waals surface area (Å²) in [6.45, 7) is 2.77. The van der Waals surface area contributed by atoms with Gasteiger partial charge in [-0.3, -0.25) is 0 Å². The summed E-state index contributed by atoms with van der Waals surface area (Å²) in [5.41, 5.74) is 2.53. The first-order valence-corrected chi connectivity index (χ1v) is 7.22. The van der Waals surface area contributed by atoms with Crippen LogP contribution in [0.2, 0.25) is 0 Å². The molecule has 0 saturated carbocycles. The van der Waals surface area contributed by atoms with Gasteiger partial charge in [0, 0.05) is 11.2 Å². The average molecular weight is 305 g/mol. The molecule has 94 valence electrons. The maximum Gasteiger partial charge on any atom is 0.119 e. The molecule has 0 N–H and O–H groups in total. The molecule has 0 aromatic heterocycles. The number of rotatable bonds is 5. The Morgan fingerprint density at radius 2 is 1.83 bits per heavy atom. The maximum absolute atomic E-state index is 5.86. The average Bonchev–Trinajstić information content (AvgIpc) is 2.41. The van der Waals surface area contributed by atoms with Crippen LogP contribution >= 0.6 is 15.9 Å². The lowest BCUT2D eigenvalue weighted by molar-refractivity contribution is 0.298. The summed E-state index contributed by atoms with van der Waals surface area (Å²) in [6, 6.07) is 18.6. The van der Waals surface area contributed by atoms with Gasteiger partial charge in [0.2, 0.25) is 0 Å². The summed E-state index contributed by atoms with van der Waals surface area (Å²) in [5, 5.41) is 0.906. The van der Waals surface area contributed by atoms with E-state index in [1.807, 2.05) is 18.2 Å². The molecule has 0 bridgehead atoms. The van der Waals surface area contributed by atoms with E-state index in [-0.39, 0.29) is 0 Å². The van der Waals surface area contributed by atoms with Crippen LogP contribution in [0.5, 0.6) is 5.75 Å². The zero-order valence-electron chi connectivity index (χ0n) is 10.5. The van der Waals surface area contributed by atoms with Gasteiger partial charge in [0.15, 0.2) is 0 Å². The zero-order chi connectivity index (χ0) is 12.8. The third-order valence-electron chi connectivity index (χ3n) is 2.90. The van der Waals surface area contributed by atoms with Gasteiger partial charge in [-0.2, -0.15) is 0 Å². The fourth-order valence-corrected chi connectivity index (χ4v) is 2.42. The summed E-state index contributed by atoms with van der Waals surface area (Å²) in [6.07, 6.45) is 0. The van der Waals surface area contributed by atoms with E-state index in [9.17, 15) is 0 Å². The minimum atomic E-state index is 0.381. The van der Waals surface area contributed by atoms with Crippen LogP contribution in [0.4, 0.5) is 0 Å². The van der Waals surface area contributed by atoms with Gasteiger partial charge in [0.1, 0.15) is 5.75 Å². The van der Waals surface area contributed by atoms with Crippen molar-refractivity contribution in [2.45, 2.75) is 12.8 Å². The Morgan fingerprint density at radius 1 is 1.06 bits per heavy atom. The van der Waals surface area contributed by atoms with Crippen molar-refractivity contribution in [2.24, 2.45) is 0 Å². The van der Waals surface area contributed by atoms with E-state index < -0.39 is 0 Å². The van der Waals surface area contributed by atoms with Crippen molar-refractivity contribution in [3.8, 4) is 5.75 Å². The van der Waals surface area contributed by atoms with Crippen LogP contribution in [-0.2, 0) is 0 Å². The molecule has 0 spiro atoms. The SMILES string of the molecule is Cc1cccc(OCC(CBr)c2ccccc2)c1. The van der Waals surface area contributed by atoms with E-state index in [4.69, 9.17) is 4.74 Å². The highest BCUT2D eigenvalue weighted by molar-refractivity contribution is 9.09. The Labute approximate surface area is 117 Å². The highest BCUT2D eigenvalue weighted by Crippen LogP contribution is 2.20. The number of halogens is 1. The van der Waals surface area contributed by atoms with Gasteiger partial charge >= 0.3 is 0 Å². The molecule has 0 fully saturated rings. The van der Waals surface area contributed by atoms with Crippen molar-refractivity contribution in [2.75, 3.05) is 11.9 Å². The second kappa shape index (κ2) is 6.60. The van der Waals surface area contributed by atoms with Crippen LogP contribution in [0.25, 0.3) is 0 Å². The minimum Gasteiger partial charge on any atom is -0.493 e. The molecule has 2 aromatic carbocycles. The lowest BCUT2D eigenvalue weighted by atomic mass is 10.0. The molecule has 0 saturated heterocycles. The van der Waals surface area contributed by atoms with Gasteiger partial charge in [0.25, 0.3) is 0 Å². The number of aryl methyl sites for hydroxylation is 1. The van der Waals surface area contributed by atoms with Crippen molar-refractivity contribution in [1.82, 2.24) is 0 Å². The van der Waals surface area contributed by atoms with Crippen LogP contribution in [0.1, 0.15) is 17.0 Å². The molecule has 18 heavy (non-hydrogen) atoms. The summed E-state index contributed by atoms with van der Waals surface area (Å²) in [5.74, 6) is 1.32. The number of alkyl halides is 1. The second-order valence-electron chi connectivity index (χ2n) is 4.39.